The molecule has 0 saturated carbocycles. The number of benzene rings is 6. The minimum absolute atomic E-state index is 0.00736. The predicted octanol–water partition coefficient (Wildman–Crippen LogP) is 15.8. The molecular weight excluding hydrogens is 687 g/mol. The lowest BCUT2D eigenvalue weighted by molar-refractivity contribution is 0.332. The van der Waals surface area contributed by atoms with Crippen molar-refractivity contribution in [2.24, 2.45) is 0 Å². The van der Waals surface area contributed by atoms with Gasteiger partial charge in [-0.3, -0.25) is 0 Å². The molecule has 290 valence electrons. The van der Waals surface area contributed by atoms with Crippen LogP contribution < -0.4 is 4.90 Å². The van der Waals surface area contributed by atoms with Crippen molar-refractivity contribution in [1.29, 1.82) is 0 Å². The van der Waals surface area contributed by atoms with Crippen molar-refractivity contribution in [2.45, 2.75) is 129 Å². The van der Waals surface area contributed by atoms with Crippen LogP contribution in [0.25, 0.3) is 33.4 Å². The summed E-state index contributed by atoms with van der Waals surface area (Å²) in [5.41, 5.74) is 21.9. The van der Waals surface area contributed by atoms with E-state index in [2.05, 4.69) is 202 Å². The van der Waals surface area contributed by atoms with E-state index >= 15 is 0 Å². The Balaban J connectivity index is 1.39. The Hall–Kier alpha value is -4.88. The van der Waals surface area contributed by atoms with Crippen LogP contribution in [0.15, 0.2) is 121 Å². The van der Waals surface area contributed by atoms with E-state index in [9.17, 15) is 0 Å². The van der Waals surface area contributed by atoms with E-state index in [0.717, 1.165) is 6.42 Å². The molecule has 57 heavy (non-hydrogen) atoms. The second-order valence-electron chi connectivity index (χ2n) is 20.8. The van der Waals surface area contributed by atoms with Crippen molar-refractivity contribution >= 4 is 17.1 Å². The lowest BCUT2D eigenvalue weighted by Gasteiger charge is -2.45. The molecule has 6 aromatic carbocycles. The molecule has 0 fully saturated rings. The maximum atomic E-state index is 2.65. The van der Waals surface area contributed by atoms with Crippen molar-refractivity contribution in [3.8, 4) is 33.4 Å². The molecule has 0 radical (unpaired) electrons. The average Bonchev–Trinajstić information content (AvgIpc) is 3.41. The monoisotopic (exact) mass is 747 g/mol. The minimum atomic E-state index is -0.143. The molecule has 0 bridgehead atoms. The Bertz CT molecular complexity index is 2540. The smallest absolute Gasteiger partial charge is 0.0543 e. The summed E-state index contributed by atoms with van der Waals surface area (Å²) in [7, 11) is 0. The van der Waals surface area contributed by atoms with Gasteiger partial charge in [-0.15, -0.1) is 0 Å². The second-order valence-corrected chi connectivity index (χ2v) is 20.8. The zero-order chi connectivity index (χ0) is 40.3. The molecule has 1 heteroatoms. The molecule has 1 nitrogen and oxygen atoms in total. The van der Waals surface area contributed by atoms with E-state index in [1.807, 2.05) is 0 Å². The molecular formula is C56H61N. The molecule has 0 aromatic heterocycles. The molecule has 0 aliphatic heterocycles. The summed E-state index contributed by atoms with van der Waals surface area (Å²) in [4.78, 5) is 2.65. The zero-order valence-corrected chi connectivity index (χ0v) is 36.3. The lowest BCUT2D eigenvalue weighted by Crippen LogP contribution is -2.35. The van der Waals surface area contributed by atoms with Gasteiger partial charge in [-0.25, -0.2) is 0 Å². The number of nitrogens with zero attached hydrogens (tertiary/aromatic N) is 1. The molecule has 0 N–H and O–H groups in total. The van der Waals surface area contributed by atoms with E-state index in [-0.39, 0.29) is 27.1 Å². The third kappa shape index (κ3) is 5.94. The molecule has 0 saturated heterocycles. The Morgan fingerprint density at radius 1 is 0.386 bits per heavy atom. The number of aryl methyl sites for hydroxylation is 1. The topological polar surface area (TPSA) is 3.24 Å². The SMILES string of the molecule is Cc1cc2c(cc1-c1cc3c(cc1N(c1ccc(-c4ccccc4)cc1)c1cccc4c1C(C)(C)CCC4(C)C)C(C)(C)c1ccccc1-3)C(C)(C)CCC2(C)C. The maximum absolute atomic E-state index is 2.65. The van der Waals surface area contributed by atoms with Gasteiger partial charge in [0.15, 0.2) is 0 Å². The number of hydrogen-bond donors (Lipinski definition) is 0. The van der Waals surface area contributed by atoms with Crippen LogP contribution >= 0.6 is 0 Å². The van der Waals surface area contributed by atoms with Crippen LogP contribution in [-0.2, 0) is 27.1 Å². The van der Waals surface area contributed by atoms with Crippen molar-refractivity contribution in [3.05, 3.63) is 160 Å². The molecule has 0 spiro atoms. The Kier molecular flexibility index (Phi) is 8.47. The van der Waals surface area contributed by atoms with Gasteiger partial charge < -0.3 is 4.90 Å². The van der Waals surface area contributed by atoms with Crippen LogP contribution in [-0.4, -0.2) is 0 Å². The van der Waals surface area contributed by atoms with Crippen LogP contribution in [0.4, 0.5) is 17.1 Å². The Morgan fingerprint density at radius 2 is 0.947 bits per heavy atom. The first-order valence-corrected chi connectivity index (χ1v) is 21.4. The summed E-state index contributed by atoms with van der Waals surface area (Å²) in [6, 6.07) is 46.8. The maximum Gasteiger partial charge on any atom is 0.0543 e. The number of fused-ring (bicyclic) bond motifs is 5. The van der Waals surface area contributed by atoms with Gasteiger partial charge in [0.2, 0.25) is 0 Å². The van der Waals surface area contributed by atoms with Gasteiger partial charge in [0.05, 0.1) is 11.4 Å². The fraction of sp³-hybridized carbons (Fsp3) is 0.357. The van der Waals surface area contributed by atoms with Crippen LogP contribution in [0.2, 0.25) is 0 Å². The Labute approximate surface area is 343 Å². The van der Waals surface area contributed by atoms with Gasteiger partial charge in [0.1, 0.15) is 0 Å². The number of hydrogen-bond acceptors (Lipinski definition) is 1. The zero-order valence-electron chi connectivity index (χ0n) is 36.3. The molecule has 0 unspecified atom stereocenters. The van der Waals surface area contributed by atoms with Crippen LogP contribution in [0.5, 0.6) is 0 Å². The molecule has 9 rings (SSSR count). The van der Waals surface area contributed by atoms with Gasteiger partial charge in [-0.05, 0) is 157 Å². The predicted molar refractivity (Wildman–Crippen MR) is 245 cm³/mol. The first kappa shape index (κ1) is 37.7. The van der Waals surface area contributed by atoms with Gasteiger partial charge in [-0.2, -0.15) is 0 Å². The third-order valence-corrected chi connectivity index (χ3v) is 14.7. The van der Waals surface area contributed by atoms with E-state index < -0.39 is 0 Å². The Morgan fingerprint density at radius 3 is 1.63 bits per heavy atom. The normalized spacial score (nSPS) is 18.9. The molecule has 3 aliphatic rings. The average molecular weight is 748 g/mol. The van der Waals surface area contributed by atoms with Gasteiger partial charge in [-0.1, -0.05) is 154 Å². The lowest BCUT2D eigenvalue weighted by atomic mass is 9.62. The molecule has 0 heterocycles. The summed E-state index contributed by atoms with van der Waals surface area (Å²) in [5.74, 6) is 0. The van der Waals surface area contributed by atoms with E-state index in [4.69, 9.17) is 0 Å². The summed E-state index contributed by atoms with van der Waals surface area (Å²) in [5, 5.41) is 0. The largest absolute Gasteiger partial charge is 0.310 e. The summed E-state index contributed by atoms with van der Waals surface area (Å²) in [6.07, 6.45) is 4.73. The van der Waals surface area contributed by atoms with Crippen molar-refractivity contribution in [2.75, 3.05) is 4.90 Å². The van der Waals surface area contributed by atoms with E-state index in [1.54, 1.807) is 0 Å². The number of rotatable bonds is 5. The minimum Gasteiger partial charge on any atom is -0.310 e. The van der Waals surface area contributed by atoms with Gasteiger partial charge >= 0.3 is 0 Å². The highest BCUT2D eigenvalue weighted by Crippen LogP contribution is 2.57. The van der Waals surface area contributed by atoms with E-state index in [0.29, 0.717) is 0 Å². The summed E-state index contributed by atoms with van der Waals surface area (Å²) >= 11 is 0. The second kappa shape index (κ2) is 12.8. The van der Waals surface area contributed by atoms with Crippen molar-refractivity contribution < 1.29 is 0 Å². The fourth-order valence-electron chi connectivity index (χ4n) is 10.9. The van der Waals surface area contributed by atoms with Gasteiger partial charge in [0.25, 0.3) is 0 Å². The van der Waals surface area contributed by atoms with E-state index in [1.165, 1.54) is 109 Å². The molecule has 3 aliphatic carbocycles. The molecule has 6 aromatic rings. The molecule has 0 atom stereocenters. The highest BCUT2D eigenvalue weighted by atomic mass is 15.1. The quantitative estimate of drug-likeness (QED) is 0.170. The van der Waals surface area contributed by atoms with Crippen molar-refractivity contribution in [1.82, 2.24) is 0 Å². The number of anilines is 3. The standard InChI is InChI=1S/C56H61N/c1-36-32-47-48(54(6,7)29-28-53(47,4)5)34-41(36)43-33-42-40-20-15-16-21-44(40)56(10,11)46(42)35-50(43)57(39-26-24-38(25-27-39)37-18-13-12-14-19-37)49-23-17-22-45-51(49)55(8,9)31-30-52(45,2)3/h12-27,32-35H,28-31H2,1-11H3. The third-order valence-electron chi connectivity index (χ3n) is 14.7. The first-order chi connectivity index (χ1) is 26.9. The fourth-order valence-corrected chi connectivity index (χ4v) is 10.9. The highest BCUT2D eigenvalue weighted by Gasteiger charge is 2.42. The van der Waals surface area contributed by atoms with Crippen LogP contribution in [0, 0.1) is 6.92 Å². The first-order valence-electron chi connectivity index (χ1n) is 21.4. The van der Waals surface area contributed by atoms with Crippen molar-refractivity contribution in [3.63, 3.8) is 0 Å². The molecule has 0 amide bonds. The highest BCUT2D eigenvalue weighted by molar-refractivity contribution is 5.96. The summed E-state index contributed by atoms with van der Waals surface area (Å²) < 4.78 is 0. The van der Waals surface area contributed by atoms with Crippen LogP contribution in [0.1, 0.15) is 134 Å². The summed E-state index contributed by atoms with van der Waals surface area (Å²) in [6.45, 7) is 26.9. The van der Waals surface area contributed by atoms with Gasteiger partial charge in [0, 0.05) is 16.7 Å². The van der Waals surface area contributed by atoms with Crippen LogP contribution in [0.3, 0.4) is 0 Å².